The van der Waals surface area contributed by atoms with Crippen molar-refractivity contribution in [2.75, 3.05) is 51.8 Å². The standard InChI is InChI=1S/C22H37N5O.HI/c1-18-6-12-27(13-7-18)21-5-4-20(16-24-21)17-25-22(23-2)26(3)11-8-19-9-14-28-15-10-19;/h4-5,16,18-19H,6-15,17H2,1-3H3,(H,23,25);1H. The van der Waals surface area contributed by atoms with Gasteiger partial charge in [-0.05, 0) is 55.6 Å². The maximum absolute atomic E-state index is 5.46. The third-order valence-electron chi connectivity index (χ3n) is 6.15. The molecule has 0 amide bonds. The highest BCUT2D eigenvalue weighted by Gasteiger charge is 2.17. The summed E-state index contributed by atoms with van der Waals surface area (Å²) < 4.78 is 5.46. The van der Waals surface area contributed by atoms with Crippen molar-refractivity contribution in [2.45, 2.75) is 45.6 Å². The highest BCUT2D eigenvalue weighted by Crippen LogP contribution is 2.21. The smallest absolute Gasteiger partial charge is 0.193 e. The van der Waals surface area contributed by atoms with Gasteiger partial charge in [0.15, 0.2) is 5.96 Å². The van der Waals surface area contributed by atoms with Crippen molar-refractivity contribution in [2.24, 2.45) is 16.8 Å². The number of anilines is 1. The quantitative estimate of drug-likeness (QED) is 0.355. The summed E-state index contributed by atoms with van der Waals surface area (Å²) in [6, 6.07) is 4.34. The molecular formula is C22H38IN5O. The maximum atomic E-state index is 5.46. The Bertz CT molecular complexity index is 610. The first-order valence-electron chi connectivity index (χ1n) is 10.8. The number of halogens is 1. The lowest BCUT2D eigenvalue weighted by Gasteiger charge is -2.31. The Morgan fingerprint density at radius 3 is 2.59 bits per heavy atom. The summed E-state index contributed by atoms with van der Waals surface area (Å²) in [5, 5.41) is 3.48. The number of hydrogen-bond acceptors (Lipinski definition) is 4. The van der Waals surface area contributed by atoms with Gasteiger partial charge in [0.25, 0.3) is 0 Å². The maximum Gasteiger partial charge on any atom is 0.193 e. The van der Waals surface area contributed by atoms with Crippen LogP contribution in [0.1, 0.15) is 44.6 Å². The lowest BCUT2D eigenvalue weighted by Crippen LogP contribution is -2.39. The zero-order chi connectivity index (χ0) is 19.8. The zero-order valence-electron chi connectivity index (χ0n) is 18.3. The molecule has 1 N–H and O–H groups in total. The van der Waals surface area contributed by atoms with Gasteiger partial charge >= 0.3 is 0 Å². The predicted molar refractivity (Wildman–Crippen MR) is 131 cm³/mol. The van der Waals surface area contributed by atoms with Gasteiger partial charge in [-0.3, -0.25) is 4.99 Å². The third kappa shape index (κ3) is 7.59. The SMILES string of the molecule is CN=C(NCc1ccc(N2CCC(C)CC2)nc1)N(C)CCC1CCOCC1.I. The molecule has 164 valence electrons. The molecule has 1 aromatic heterocycles. The van der Waals surface area contributed by atoms with Crippen molar-refractivity contribution >= 4 is 35.8 Å². The van der Waals surface area contributed by atoms with E-state index < -0.39 is 0 Å². The molecule has 0 saturated carbocycles. The van der Waals surface area contributed by atoms with E-state index in [2.05, 4.69) is 46.2 Å². The van der Waals surface area contributed by atoms with Crippen LogP contribution in [0.3, 0.4) is 0 Å². The van der Waals surface area contributed by atoms with E-state index in [0.717, 1.165) is 63.0 Å². The number of pyridine rings is 1. The number of aromatic nitrogens is 1. The van der Waals surface area contributed by atoms with Gasteiger partial charge in [-0.1, -0.05) is 13.0 Å². The number of piperidine rings is 1. The van der Waals surface area contributed by atoms with Crippen LogP contribution in [0.4, 0.5) is 5.82 Å². The van der Waals surface area contributed by atoms with E-state index in [9.17, 15) is 0 Å². The van der Waals surface area contributed by atoms with Crippen LogP contribution < -0.4 is 10.2 Å². The lowest BCUT2D eigenvalue weighted by atomic mass is 9.96. The molecule has 3 rings (SSSR count). The number of rotatable bonds is 6. The van der Waals surface area contributed by atoms with E-state index in [1.807, 2.05) is 13.2 Å². The molecule has 29 heavy (non-hydrogen) atoms. The monoisotopic (exact) mass is 515 g/mol. The van der Waals surface area contributed by atoms with Crippen LogP contribution in [-0.2, 0) is 11.3 Å². The van der Waals surface area contributed by atoms with Gasteiger partial charge in [0.1, 0.15) is 5.82 Å². The summed E-state index contributed by atoms with van der Waals surface area (Å²) in [6.45, 7) is 8.19. The van der Waals surface area contributed by atoms with E-state index in [1.54, 1.807) is 0 Å². The summed E-state index contributed by atoms with van der Waals surface area (Å²) in [5.74, 6) is 3.67. The Morgan fingerprint density at radius 1 is 1.24 bits per heavy atom. The molecule has 0 spiro atoms. The average Bonchev–Trinajstić information content (AvgIpc) is 2.74. The van der Waals surface area contributed by atoms with Crippen molar-refractivity contribution in [1.29, 1.82) is 0 Å². The van der Waals surface area contributed by atoms with Gasteiger partial charge in [-0.25, -0.2) is 4.98 Å². The number of nitrogens with zero attached hydrogens (tertiary/aromatic N) is 4. The average molecular weight is 515 g/mol. The van der Waals surface area contributed by atoms with Crippen LogP contribution in [0, 0.1) is 11.8 Å². The Hall–Kier alpha value is -1.09. The molecule has 0 unspecified atom stereocenters. The molecule has 2 fully saturated rings. The van der Waals surface area contributed by atoms with Gasteiger partial charge in [0.05, 0.1) is 0 Å². The van der Waals surface area contributed by atoms with Crippen LogP contribution in [0.25, 0.3) is 0 Å². The zero-order valence-corrected chi connectivity index (χ0v) is 20.6. The summed E-state index contributed by atoms with van der Waals surface area (Å²) in [5.41, 5.74) is 1.19. The minimum absolute atomic E-state index is 0. The third-order valence-corrected chi connectivity index (χ3v) is 6.15. The second kappa shape index (κ2) is 12.6. The highest BCUT2D eigenvalue weighted by molar-refractivity contribution is 14.0. The number of ether oxygens (including phenoxy) is 1. The molecule has 2 aliphatic heterocycles. The van der Waals surface area contributed by atoms with Gasteiger partial charge < -0.3 is 19.9 Å². The molecule has 0 bridgehead atoms. The number of hydrogen-bond donors (Lipinski definition) is 1. The highest BCUT2D eigenvalue weighted by atomic mass is 127. The van der Waals surface area contributed by atoms with Crippen molar-refractivity contribution < 1.29 is 4.74 Å². The Morgan fingerprint density at radius 2 is 1.97 bits per heavy atom. The van der Waals surface area contributed by atoms with E-state index in [0.29, 0.717) is 0 Å². The fourth-order valence-corrected chi connectivity index (χ4v) is 4.03. The second-order valence-electron chi connectivity index (χ2n) is 8.36. The van der Waals surface area contributed by atoms with Gasteiger partial charge in [-0.15, -0.1) is 24.0 Å². The molecule has 0 aromatic carbocycles. The molecule has 2 saturated heterocycles. The van der Waals surface area contributed by atoms with Crippen LogP contribution in [-0.4, -0.2) is 62.8 Å². The van der Waals surface area contributed by atoms with E-state index in [4.69, 9.17) is 9.72 Å². The van der Waals surface area contributed by atoms with E-state index in [-0.39, 0.29) is 24.0 Å². The van der Waals surface area contributed by atoms with Gasteiger partial charge in [-0.2, -0.15) is 0 Å². The van der Waals surface area contributed by atoms with Crippen molar-refractivity contribution in [3.05, 3.63) is 23.9 Å². The molecule has 2 aliphatic rings. The first kappa shape index (κ1) is 24.2. The summed E-state index contributed by atoms with van der Waals surface area (Å²) in [4.78, 5) is 13.8. The fraction of sp³-hybridized carbons (Fsp3) is 0.727. The minimum Gasteiger partial charge on any atom is -0.381 e. The van der Waals surface area contributed by atoms with Gasteiger partial charge in [0, 0.05) is 59.7 Å². The molecule has 1 aromatic rings. The number of guanidine groups is 1. The second-order valence-corrected chi connectivity index (χ2v) is 8.36. The molecule has 0 radical (unpaired) electrons. The fourth-order valence-electron chi connectivity index (χ4n) is 4.03. The Labute approximate surface area is 193 Å². The van der Waals surface area contributed by atoms with Crippen LogP contribution in [0.15, 0.2) is 23.3 Å². The lowest BCUT2D eigenvalue weighted by molar-refractivity contribution is 0.0625. The summed E-state index contributed by atoms with van der Waals surface area (Å²) in [7, 11) is 3.97. The molecule has 0 aliphatic carbocycles. The number of aliphatic imine (C=N–C) groups is 1. The van der Waals surface area contributed by atoms with Crippen LogP contribution in [0.5, 0.6) is 0 Å². The topological polar surface area (TPSA) is 53.0 Å². The molecular weight excluding hydrogens is 477 g/mol. The van der Waals surface area contributed by atoms with Crippen LogP contribution in [0.2, 0.25) is 0 Å². The Balaban J connectivity index is 0.00000300. The van der Waals surface area contributed by atoms with Crippen molar-refractivity contribution in [3.8, 4) is 0 Å². The molecule has 6 nitrogen and oxygen atoms in total. The summed E-state index contributed by atoms with van der Waals surface area (Å²) in [6.07, 6.45) is 8.10. The van der Waals surface area contributed by atoms with E-state index in [1.165, 1.54) is 37.7 Å². The van der Waals surface area contributed by atoms with Crippen molar-refractivity contribution in [1.82, 2.24) is 15.2 Å². The van der Waals surface area contributed by atoms with Gasteiger partial charge in [0.2, 0.25) is 0 Å². The summed E-state index contributed by atoms with van der Waals surface area (Å²) >= 11 is 0. The van der Waals surface area contributed by atoms with E-state index >= 15 is 0 Å². The largest absolute Gasteiger partial charge is 0.381 e. The van der Waals surface area contributed by atoms with Crippen LogP contribution >= 0.6 is 24.0 Å². The molecule has 0 atom stereocenters. The first-order chi connectivity index (χ1) is 13.7. The normalized spacial score (nSPS) is 19.0. The first-order valence-corrected chi connectivity index (χ1v) is 10.8. The molecule has 3 heterocycles. The Kier molecular flexibility index (Phi) is 10.5. The predicted octanol–water partition coefficient (Wildman–Crippen LogP) is 3.76. The molecule has 7 heteroatoms. The number of nitrogens with one attached hydrogen (secondary N) is 1. The van der Waals surface area contributed by atoms with Crippen molar-refractivity contribution in [3.63, 3.8) is 0 Å². The minimum atomic E-state index is 0.